The maximum absolute atomic E-state index is 13.4. The Bertz CT molecular complexity index is 808. The molecule has 2 aromatic carbocycles. The molecule has 2 aromatic rings. The van der Waals surface area contributed by atoms with Crippen molar-refractivity contribution >= 4 is 17.6 Å². The van der Waals surface area contributed by atoms with Crippen molar-refractivity contribution < 1.29 is 28.2 Å². The van der Waals surface area contributed by atoms with Gasteiger partial charge in [0, 0.05) is 5.69 Å². The summed E-state index contributed by atoms with van der Waals surface area (Å²) >= 11 is 0. The van der Waals surface area contributed by atoms with Gasteiger partial charge in [-0.3, -0.25) is 4.79 Å². The Labute approximate surface area is 143 Å². The molecule has 3 rings (SSSR count). The molecule has 1 heterocycles. The molecule has 7 heteroatoms. The average Bonchev–Trinajstić information content (AvgIpc) is 2.62. The Morgan fingerprint density at radius 1 is 1.24 bits per heavy atom. The number of benzene rings is 2. The van der Waals surface area contributed by atoms with Gasteiger partial charge in [0.2, 0.25) is 6.10 Å². The second-order valence-corrected chi connectivity index (χ2v) is 5.48. The van der Waals surface area contributed by atoms with Crippen molar-refractivity contribution in [2.75, 3.05) is 18.5 Å². The van der Waals surface area contributed by atoms with E-state index in [2.05, 4.69) is 5.32 Å². The number of carbonyl (C=O) groups is 2. The predicted octanol–water partition coefficient (Wildman–Crippen LogP) is 2.46. The first kappa shape index (κ1) is 16.8. The molecule has 1 atom stereocenters. The zero-order valence-corrected chi connectivity index (χ0v) is 13.5. The maximum Gasteiger partial charge on any atom is 0.351 e. The number of halogens is 1. The number of rotatable bonds is 4. The van der Waals surface area contributed by atoms with E-state index in [1.807, 2.05) is 0 Å². The van der Waals surface area contributed by atoms with E-state index in [1.54, 1.807) is 43.3 Å². The number of carbonyl (C=O) groups excluding carboxylic acids is 2. The lowest BCUT2D eigenvalue weighted by atomic mass is 10.2. The van der Waals surface area contributed by atoms with Crippen LogP contribution in [0.15, 0.2) is 42.5 Å². The fourth-order valence-electron chi connectivity index (χ4n) is 2.23. The summed E-state index contributed by atoms with van der Waals surface area (Å²) in [4.78, 5) is 23.8. The van der Waals surface area contributed by atoms with Crippen molar-refractivity contribution in [3.8, 4) is 11.5 Å². The minimum absolute atomic E-state index is 0.000634. The van der Waals surface area contributed by atoms with Gasteiger partial charge in [-0.1, -0.05) is 18.2 Å². The number of para-hydroxylation sites is 2. The van der Waals surface area contributed by atoms with Gasteiger partial charge in [0.05, 0.1) is 0 Å². The van der Waals surface area contributed by atoms with Gasteiger partial charge in [-0.25, -0.2) is 9.18 Å². The lowest BCUT2D eigenvalue weighted by molar-refractivity contribution is -0.156. The summed E-state index contributed by atoms with van der Waals surface area (Å²) in [6.45, 7) is 1.11. The number of anilines is 1. The summed E-state index contributed by atoms with van der Waals surface area (Å²) in [5, 5.41) is 2.46. The van der Waals surface area contributed by atoms with Crippen LogP contribution in [0.25, 0.3) is 0 Å². The largest absolute Gasteiger partial charge is 0.485 e. The Morgan fingerprint density at radius 3 is 2.76 bits per heavy atom. The van der Waals surface area contributed by atoms with Gasteiger partial charge in [-0.15, -0.1) is 0 Å². The third kappa shape index (κ3) is 4.06. The van der Waals surface area contributed by atoms with Gasteiger partial charge in [0.15, 0.2) is 18.1 Å². The highest BCUT2D eigenvalue weighted by atomic mass is 19.1. The molecule has 0 unspecified atom stereocenters. The molecule has 0 fully saturated rings. The number of hydrogen-bond donors (Lipinski definition) is 1. The van der Waals surface area contributed by atoms with Crippen LogP contribution in [0.2, 0.25) is 0 Å². The molecule has 25 heavy (non-hydrogen) atoms. The Balaban J connectivity index is 1.50. The van der Waals surface area contributed by atoms with Crippen molar-refractivity contribution in [2.45, 2.75) is 13.0 Å². The normalized spacial score (nSPS) is 15.4. The molecule has 0 saturated carbocycles. The first-order valence-electron chi connectivity index (χ1n) is 7.64. The summed E-state index contributed by atoms with van der Waals surface area (Å²) in [5.74, 6) is -0.726. The van der Waals surface area contributed by atoms with Crippen molar-refractivity contribution in [3.05, 3.63) is 53.8 Å². The second kappa shape index (κ2) is 7.21. The van der Waals surface area contributed by atoms with E-state index in [4.69, 9.17) is 14.2 Å². The summed E-state index contributed by atoms with van der Waals surface area (Å²) < 4.78 is 29.3. The topological polar surface area (TPSA) is 73.9 Å². The fraction of sp³-hybridized carbons (Fsp3) is 0.222. The molecule has 0 spiro atoms. The average molecular weight is 345 g/mol. The van der Waals surface area contributed by atoms with Gasteiger partial charge in [0.1, 0.15) is 12.4 Å². The summed E-state index contributed by atoms with van der Waals surface area (Å²) in [7, 11) is 0. The number of nitrogens with one attached hydrogen (secondary N) is 1. The minimum Gasteiger partial charge on any atom is -0.485 e. The van der Waals surface area contributed by atoms with Crippen LogP contribution >= 0.6 is 0 Å². The molecule has 0 aromatic heterocycles. The fourth-order valence-corrected chi connectivity index (χ4v) is 2.23. The zero-order valence-electron chi connectivity index (χ0n) is 13.5. The highest BCUT2D eigenvalue weighted by molar-refractivity contribution is 5.93. The Morgan fingerprint density at radius 2 is 2.00 bits per heavy atom. The molecule has 6 nitrogen and oxygen atoms in total. The molecule has 0 saturated heterocycles. The number of hydrogen-bond acceptors (Lipinski definition) is 5. The lowest BCUT2D eigenvalue weighted by Crippen LogP contribution is -2.39. The lowest BCUT2D eigenvalue weighted by Gasteiger charge is -2.24. The second-order valence-electron chi connectivity index (χ2n) is 5.48. The van der Waals surface area contributed by atoms with E-state index in [1.165, 1.54) is 6.07 Å². The van der Waals surface area contributed by atoms with E-state index in [9.17, 15) is 14.0 Å². The van der Waals surface area contributed by atoms with Crippen LogP contribution in [0.4, 0.5) is 10.1 Å². The van der Waals surface area contributed by atoms with Crippen molar-refractivity contribution in [2.24, 2.45) is 0 Å². The zero-order chi connectivity index (χ0) is 17.8. The first-order chi connectivity index (χ1) is 12.0. The van der Waals surface area contributed by atoms with E-state index >= 15 is 0 Å². The summed E-state index contributed by atoms with van der Waals surface area (Å²) in [5.41, 5.74) is 0.759. The van der Waals surface area contributed by atoms with Crippen molar-refractivity contribution in [1.29, 1.82) is 0 Å². The Hall–Kier alpha value is -3.09. The number of amides is 1. The van der Waals surface area contributed by atoms with E-state index in [-0.39, 0.29) is 12.3 Å². The van der Waals surface area contributed by atoms with Crippen LogP contribution in [0, 0.1) is 12.7 Å². The van der Waals surface area contributed by atoms with Crippen molar-refractivity contribution in [3.63, 3.8) is 0 Å². The van der Waals surface area contributed by atoms with Crippen LogP contribution < -0.4 is 14.8 Å². The standard InChI is InChI=1S/C18H16FNO5/c1-11-6-7-12(8-13(11)19)20-17(21)10-24-18(22)16-9-23-14-4-2-3-5-15(14)25-16/h2-8,16H,9-10H2,1H3,(H,20,21)/t16-/m1/s1. The predicted molar refractivity (Wildman–Crippen MR) is 87.1 cm³/mol. The van der Waals surface area contributed by atoms with E-state index in [0.29, 0.717) is 17.1 Å². The minimum atomic E-state index is -0.945. The smallest absolute Gasteiger partial charge is 0.351 e. The van der Waals surface area contributed by atoms with E-state index in [0.717, 1.165) is 0 Å². The third-order valence-electron chi connectivity index (χ3n) is 3.57. The van der Waals surface area contributed by atoms with Crippen molar-refractivity contribution in [1.82, 2.24) is 0 Å². The van der Waals surface area contributed by atoms with Gasteiger partial charge in [0.25, 0.3) is 5.91 Å². The SMILES string of the molecule is Cc1ccc(NC(=O)COC(=O)[C@H]2COc3ccccc3O2)cc1F. The molecular formula is C18H16FNO5. The molecule has 130 valence electrons. The van der Waals surface area contributed by atoms with Crippen LogP contribution in [0.5, 0.6) is 11.5 Å². The molecule has 0 bridgehead atoms. The quantitative estimate of drug-likeness (QED) is 0.862. The van der Waals surface area contributed by atoms with Crippen LogP contribution in [0.1, 0.15) is 5.56 Å². The van der Waals surface area contributed by atoms with Crippen LogP contribution in [-0.4, -0.2) is 31.2 Å². The molecule has 0 aliphatic carbocycles. The maximum atomic E-state index is 13.4. The van der Waals surface area contributed by atoms with Crippen LogP contribution in [-0.2, 0) is 14.3 Å². The molecular weight excluding hydrogens is 329 g/mol. The van der Waals surface area contributed by atoms with Gasteiger partial charge in [-0.05, 0) is 36.8 Å². The van der Waals surface area contributed by atoms with Gasteiger partial charge in [-0.2, -0.15) is 0 Å². The number of aryl methyl sites for hydroxylation is 1. The molecule has 0 radical (unpaired) electrons. The third-order valence-corrected chi connectivity index (χ3v) is 3.57. The molecule has 1 amide bonds. The summed E-state index contributed by atoms with van der Waals surface area (Å²) in [6, 6.07) is 11.3. The number of esters is 1. The van der Waals surface area contributed by atoms with Gasteiger partial charge >= 0.3 is 5.97 Å². The number of fused-ring (bicyclic) bond motifs is 1. The van der Waals surface area contributed by atoms with Gasteiger partial charge < -0.3 is 19.5 Å². The molecule has 1 N–H and O–H groups in total. The van der Waals surface area contributed by atoms with E-state index < -0.39 is 30.4 Å². The highest BCUT2D eigenvalue weighted by Gasteiger charge is 2.29. The first-order valence-corrected chi connectivity index (χ1v) is 7.64. The number of ether oxygens (including phenoxy) is 3. The monoisotopic (exact) mass is 345 g/mol. The molecule has 1 aliphatic rings. The molecule has 1 aliphatic heterocycles. The summed E-state index contributed by atoms with van der Waals surface area (Å²) in [6.07, 6.45) is -0.945. The van der Waals surface area contributed by atoms with Crippen LogP contribution in [0.3, 0.4) is 0 Å². The Kier molecular flexibility index (Phi) is 4.83. The highest BCUT2D eigenvalue weighted by Crippen LogP contribution is 2.31.